The first-order valence-electron chi connectivity index (χ1n) is 4.79. The van der Waals surface area contributed by atoms with Crippen molar-refractivity contribution >= 4 is 11.9 Å². The Morgan fingerprint density at radius 3 is 2.07 bits per heavy atom. The molecule has 0 amide bonds. The van der Waals surface area contributed by atoms with Gasteiger partial charge in [-0.1, -0.05) is 27.7 Å². The Morgan fingerprint density at radius 2 is 1.79 bits per heavy atom. The molecule has 0 aromatic rings. The number of esters is 2. The van der Waals surface area contributed by atoms with Crippen LogP contribution in [0, 0.1) is 17.3 Å². The van der Waals surface area contributed by atoms with E-state index >= 15 is 0 Å². The van der Waals surface area contributed by atoms with Gasteiger partial charge in [0.2, 0.25) is 0 Å². The Kier molecular flexibility index (Phi) is 2.67. The second-order valence-electron chi connectivity index (χ2n) is 4.72. The van der Waals surface area contributed by atoms with Gasteiger partial charge < -0.3 is 10.5 Å². The number of ether oxygens (including phenoxy) is 1. The molecule has 2 atom stereocenters. The third kappa shape index (κ3) is 1.54. The molecule has 80 valence electrons. The summed E-state index contributed by atoms with van der Waals surface area (Å²) < 4.78 is 4.52. The van der Waals surface area contributed by atoms with Crippen LogP contribution in [0.3, 0.4) is 0 Å². The van der Waals surface area contributed by atoms with Crippen molar-refractivity contribution in [2.24, 2.45) is 23.0 Å². The van der Waals surface area contributed by atoms with Crippen LogP contribution in [-0.4, -0.2) is 18.0 Å². The average Bonchev–Trinajstić information content (AvgIpc) is 2.26. The van der Waals surface area contributed by atoms with Crippen molar-refractivity contribution in [1.29, 1.82) is 0 Å². The summed E-state index contributed by atoms with van der Waals surface area (Å²) in [5.74, 6) is -1.35. The third-order valence-electron chi connectivity index (χ3n) is 3.38. The Hall–Kier alpha value is -0.900. The summed E-state index contributed by atoms with van der Waals surface area (Å²) >= 11 is 0. The van der Waals surface area contributed by atoms with Gasteiger partial charge in [-0.2, -0.15) is 0 Å². The summed E-state index contributed by atoms with van der Waals surface area (Å²) in [5, 5.41) is 0. The number of hydrogen-bond donors (Lipinski definition) is 1. The molecule has 1 aliphatic rings. The lowest BCUT2D eigenvalue weighted by Crippen LogP contribution is -2.44. The average molecular weight is 199 g/mol. The maximum absolute atomic E-state index is 11.4. The van der Waals surface area contributed by atoms with Crippen LogP contribution in [0.4, 0.5) is 0 Å². The van der Waals surface area contributed by atoms with E-state index in [0.29, 0.717) is 0 Å². The van der Waals surface area contributed by atoms with E-state index in [2.05, 4.69) is 4.74 Å². The number of rotatable bonds is 2. The largest absolute Gasteiger partial charge is 0.392 e. The van der Waals surface area contributed by atoms with Gasteiger partial charge >= 0.3 is 11.9 Å². The zero-order chi connectivity index (χ0) is 11.1. The monoisotopic (exact) mass is 199 g/mol. The highest BCUT2D eigenvalue weighted by Crippen LogP contribution is 2.39. The molecule has 1 fully saturated rings. The lowest BCUT2D eigenvalue weighted by molar-refractivity contribution is -0.154. The molecule has 4 nitrogen and oxygen atoms in total. The molecule has 2 unspecified atom stereocenters. The minimum atomic E-state index is -0.806. The van der Waals surface area contributed by atoms with Crippen LogP contribution in [0.15, 0.2) is 0 Å². The van der Waals surface area contributed by atoms with Crippen LogP contribution in [0.2, 0.25) is 0 Å². The fourth-order valence-electron chi connectivity index (χ4n) is 1.64. The zero-order valence-corrected chi connectivity index (χ0v) is 9.03. The van der Waals surface area contributed by atoms with Crippen molar-refractivity contribution < 1.29 is 14.3 Å². The van der Waals surface area contributed by atoms with E-state index in [1.54, 1.807) is 0 Å². The van der Waals surface area contributed by atoms with Crippen molar-refractivity contribution in [1.82, 2.24) is 0 Å². The number of cyclic esters (lactones) is 2. The first-order valence-corrected chi connectivity index (χ1v) is 4.79. The van der Waals surface area contributed by atoms with Crippen LogP contribution in [0.5, 0.6) is 0 Å². The predicted molar refractivity (Wildman–Crippen MR) is 51.2 cm³/mol. The minimum Gasteiger partial charge on any atom is -0.392 e. The predicted octanol–water partition coefficient (Wildman–Crippen LogP) is 0.696. The molecule has 1 heterocycles. The molecular weight excluding hydrogens is 182 g/mol. The molecule has 4 heteroatoms. The zero-order valence-electron chi connectivity index (χ0n) is 9.03. The topological polar surface area (TPSA) is 69.4 Å². The molecule has 1 saturated heterocycles. The molecule has 0 spiro atoms. The second-order valence-corrected chi connectivity index (χ2v) is 4.72. The van der Waals surface area contributed by atoms with E-state index in [9.17, 15) is 9.59 Å². The van der Waals surface area contributed by atoms with Crippen LogP contribution in [0.1, 0.15) is 27.7 Å². The smallest absolute Gasteiger partial charge is 0.331 e. The summed E-state index contributed by atoms with van der Waals surface area (Å²) in [6, 6.07) is -0.806. The molecule has 1 rings (SSSR count). The summed E-state index contributed by atoms with van der Waals surface area (Å²) in [5.41, 5.74) is 5.32. The van der Waals surface area contributed by atoms with E-state index in [4.69, 9.17) is 5.73 Å². The van der Waals surface area contributed by atoms with Crippen molar-refractivity contribution in [2.45, 2.75) is 33.7 Å². The first-order chi connectivity index (χ1) is 6.28. The fourth-order valence-corrected chi connectivity index (χ4v) is 1.64. The molecular formula is C10H17NO3. The van der Waals surface area contributed by atoms with E-state index < -0.39 is 23.9 Å². The Balaban J connectivity index is 2.98. The Bertz CT molecular complexity index is 271. The lowest BCUT2D eigenvalue weighted by Gasteiger charge is -2.34. The maximum Gasteiger partial charge on any atom is 0.331 e. The quantitative estimate of drug-likeness (QED) is 0.525. The Labute approximate surface area is 83.8 Å². The van der Waals surface area contributed by atoms with Crippen molar-refractivity contribution in [3.05, 3.63) is 0 Å². The van der Waals surface area contributed by atoms with Crippen LogP contribution < -0.4 is 5.73 Å². The van der Waals surface area contributed by atoms with Crippen molar-refractivity contribution in [3.63, 3.8) is 0 Å². The third-order valence-corrected chi connectivity index (χ3v) is 3.38. The second kappa shape index (κ2) is 3.35. The molecule has 2 N–H and O–H groups in total. The highest BCUT2D eigenvalue weighted by atomic mass is 16.6. The fraction of sp³-hybridized carbons (Fsp3) is 0.800. The number of nitrogens with two attached hydrogens (primary N) is 1. The molecule has 0 radical (unpaired) electrons. The lowest BCUT2D eigenvalue weighted by atomic mass is 9.69. The van der Waals surface area contributed by atoms with E-state index in [-0.39, 0.29) is 11.3 Å². The van der Waals surface area contributed by atoms with E-state index in [0.717, 1.165) is 0 Å². The highest BCUT2D eigenvalue weighted by Gasteiger charge is 2.51. The van der Waals surface area contributed by atoms with Crippen LogP contribution in [-0.2, 0) is 14.3 Å². The summed E-state index contributed by atoms with van der Waals surface area (Å²) in [6.07, 6.45) is 0. The first kappa shape index (κ1) is 11.2. The molecule has 0 aromatic carbocycles. The highest BCUT2D eigenvalue weighted by molar-refractivity contribution is 5.99. The van der Waals surface area contributed by atoms with E-state index in [1.165, 1.54) is 0 Å². The molecule has 0 aliphatic carbocycles. The van der Waals surface area contributed by atoms with Crippen molar-refractivity contribution in [3.8, 4) is 0 Å². The summed E-state index contributed by atoms with van der Waals surface area (Å²) in [7, 11) is 0. The molecule has 0 saturated carbocycles. The SMILES string of the molecule is CC(C)C(C)(C)C1C(=O)OC(=O)C1N. The van der Waals surface area contributed by atoms with Crippen molar-refractivity contribution in [2.75, 3.05) is 0 Å². The molecule has 0 aromatic heterocycles. The summed E-state index contributed by atoms with van der Waals surface area (Å²) in [4.78, 5) is 22.5. The maximum atomic E-state index is 11.4. The normalized spacial score (nSPS) is 28.4. The van der Waals surface area contributed by atoms with Gasteiger partial charge in [-0.05, 0) is 11.3 Å². The summed E-state index contributed by atoms with van der Waals surface area (Å²) in [6.45, 7) is 7.87. The number of carbonyl (C=O) groups is 2. The molecule has 1 aliphatic heterocycles. The van der Waals surface area contributed by atoms with Crippen LogP contribution in [0.25, 0.3) is 0 Å². The Morgan fingerprint density at radius 1 is 1.29 bits per heavy atom. The van der Waals surface area contributed by atoms with Gasteiger partial charge in [0.15, 0.2) is 0 Å². The van der Waals surface area contributed by atoms with Gasteiger partial charge in [-0.15, -0.1) is 0 Å². The molecule has 0 bridgehead atoms. The van der Waals surface area contributed by atoms with Gasteiger partial charge in [-0.25, -0.2) is 4.79 Å². The van der Waals surface area contributed by atoms with Gasteiger partial charge in [0.05, 0.1) is 5.92 Å². The minimum absolute atomic E-state index is 0.261. The standard InChI is InChI=1S/C10H17NO3/c1-5(2)10(3,4)6-7(11)9(13)14-8(6)12/h5-7H,11H2,1-4H3. The molecule has 14 heavy (non-hydrogen) atoms. The van der Waals surface area contributed by atoms with Gasteiger partial charge in [0.25, 0.3) is 0 Å². The van der Waals surface area contributed by atoms with Crippen LogP contribution >= 0.6 is 0 Å². The van der Waals surface area contributed by atoms with Gasteiger partial charge in [0.1, 0.15) is 6.04 Å². The van der Waals surface area contributed by atoms with Gasteiger partial charge in [0, 0.05) is 0 Å². The van der Waals surface area contributed by atoms with Gasteiger partial charge in [-0.3, -0.25) is 4.79 Å². The number of carbonyl (C=O) groups excluding carboxylic acids is 2. The van der Waals surface area contributed by atoms with E-state index in [1.807, 2.05) is 27.7 Å². The number of hydrogen-bond acceptors (Lipinski definition) is 4.